The lowest BCUT2D eigenvalue weighted by Gasteiger charge is -2.19. The molecule has 1 aromatic heterocycles. The molecule has 0 saturated heterocycles. The average Bonchev–Trinajstić information content (AvgIpc) is 2.62. The molecule has 19 heavy (non-hydrogen) atoms. The Kier molecular flexibility index (Phi) is 6.08. The first-order chi connectivity index (χ1) is 8.78. The summed E-state index contributed by atoms with van der Waals surface area (Å²) >= 11 is 0. The van der Waals surface area contributed by atoms with Crippen molar-refractivity contribution in [1.82, 2.24) is 5.32 Å². The number of rotatable bonds is 7. The van der Waals surface area contributed by atoms with E-state index in [0.29, 0.717) is 12.5 Å². The van der Waals surface area contributed by atoms with Crippen molar-refractivity contribution in [3.05, 3.63) is 23.2 Å². The molecule has 0 aliphatic heterocycles. The summed E-state index contributed by atoms with van der Waals surface area (Å²) in [6.45, 7) is 15.1. The SMILES string of the molecule is Cc1oc(CNC(C)(C)C)cc1COCCC(C)C. The summed E-state index contributed by atoms with van der Waals surface area (Å²) in [5, 5.41) is 3.43. The molecule has 0 fully saturated rings. The molecule has 1 rings (SSSR count). The molecule has 0 unspecified atom stereocenters. The van der Waals surface area contributed by atoms with Gasteiger partial charge in [0, 0.05) is 17.7 Å². The molecule has 1 N–H and O–H groups in total. The molecular weight excluding hydrogens is 238 g/mol. The van der Waals surface area contributed by atoms with Crippen molar-refractivity contribution in [3.8, 4) is 0 Å². The number of hydrogen-bond donors (Lipinski definition) is 1. The van der Waals surface area contributed by atoms with Crippen LogP contribution in [-0.4, -0.2) is 12.1 Å². The zero-order chi connectivity index (χ0) is 14.5. The van der Waals surface area contributed by atoms with Crippen LogP contribution in [0, 0.1) is 12.8 Å². The first-order valence-electron chi connectivity index (χ1n) is 7.19. The van der Waals surface area contributed by atoms with Crippen molar-refractivity contribution in [3.63, 3.8) is 0 Å². The molecule has 0 bridgehead atoms. The molecule has 0 aliphatic carbocycles. The molecule has 3 heteroatoms. The molecule has 1 heterocycles. The van der Waals surface area contributed by atoms with Gasteiger partial charge < -0.3 is 14.5 Å². The van der Waals surface area contributed by atoms with Gasteiger partial charge in [0.15, 0.2) is 0 Å². The standard InChI is InChI=1S/C16H29NO2/c1-12(2)7-8-18-11-14-9-15(19-13(14)3)10-17-16(4,5)6/h9,12,17H,7-8,10-11H2,1-6H3. The predicted molar refractivity (Wildman–Crippen MR) is 79.1 cm³/mol. The van der Waals surface area contributed by atoms with Gasteiger partial charge in [-0.3, -0.25) is 0 Å². The minimum Gasteiger partial charge on any atom is -0.465 e. The van der Waals surface area contributed by atoms with Crippen molar-refractivity contribution in [1.29, 1.82) is 0 Å². The summed E-state index contributed by atoms with van der Waals surface area (Å²) in [5.74, 6) is 2.64. The van der Waals surface area contributed by atoms with Crippen LogP contribution in [0.1, 0.15) is 58.1 Å². The predicted octanol–water partition coefficient (Wildman–Crippen LogP) is 4.04. The third-order valence-corrected chi connectivity index (χ3v) is 2.96. The summed E-state index contributed by atoms with van der Waals surface area (Å²) in [7, 11) is 0. The van der Waals surface area contributed by atoms with Crippen molar-refractivity contribution in [2.24, 2.45) is 5.92 Å². The van der Waals surface area contributed by atoms with Gasteiger partial charge in [0.25, 0.3) is 0 Å². The van der Waals surface area contributed by atoms with Crippen LogP contribution in [0.15, 0.2) is 10.5 Å². The van der Waals surface area contributed by atoms with E-state index in [4.69, 9.17) is 9.15 Å². The number of aryl methyl sites for hydroxylation is 1. The van der Waals surface area contributed by atoms with E-state index in [-0.39, 0.29) is 5.54 Å². The van der Waals surface area contributed by atoms with E-state index in [1.807, 2.05) is 6.92 Å². The number of ether oxygens (including phenoxy) is 1. The van der Waals surface area contributed by atoms with Crippen molar-refractivity contribution < 1.29 is 9.15 Å². The highest BCUT2D eigenvalue weighted by atomic mass is 16.5. The Bertz CT molecular complexity index is 375. The molecule has 1 aromatic rings. The van der Waals surface area contributed by atoms with E-state index in [2.05, 4.69) is 46.0 Å². The fraction of sp³-hybridized carbons (Fsp3) is 0.750. The Morgan fingerprint density at radius 1 is 1.32 bits per heavy atom. The zero-order valence-corrected chi connectivity index (χ0v) is 13.3. The highest BCUT2D eigenvalue weighted by molar-refractivity contribution is 5.20. The Morgan fingerprint density at radius 2 is 2.00 bits per heavy atom. The lowest BCUT2D eigenvalue weighted by molar-refractivity contribution is 0.110. The van der Waals surface area contributed by atoms with Crippen molar-refractivity contribution in [2.75, 3.05) is 6.61 Å². The maximum absolute atomic E-state index is 5.75. The summed E-state index contributed by atoms with van der Waals surface area (Å²) < 4.78 is 11.4. The van der Waals surface area contributed by atoms with Crippen LogP contribution in [0.25, 0.3) is 0 Å². The van der Waals surface area contributed by atoms with Crippen LogP contribution in [0.2, 0.25) is 0 Å². The van der Waals surface area contributed by atoms with Crippen molar-refractivity contribution in [2.45, 2.75) is 66.7 Å². The molecule has 110 valence electrons. The molecule has 3 nitrogen and oxygen atoms in total. The summed E-state index contributed by atoms with van der Waals surface area (Å²) in [5.41, 5.74) is 1.27. The van der Waals surface area contributed by atoms with Crippen LogP contribution in [0.4, 0.5) is 0 Å². The van der Waals surface area contributed by atoms with E-state index in [0.717, 1.165) is 36.7 Å². The van der Waals surface area contributed by atoms with Crippen molar-refractivity contribution >= 4 is 0 Å². The van der Waals surface area contributed by atoms with Gasteiger partial charge in [-0.1, -0.05) is 13.8 Å². The third-order valence-electron chi connectivity index (χ3n) is 2.96. The van der Waals surface area contributed by atoms with E-state index >= 15 is 0 Å². The molecule has 0 aromatic carbocycles. The molecule has 0 saturated carbocycles. The maximum Gasteiger partial charge on any atom is 0.118 e. The van der Waals surface area contributed by atoms with Crippen LogP contribution < -0.4 is 5.32 Å². The Hall–Kier alpha value is -0.800. The smallest absolute Gasteiger partial charge is 0.118 e. The molecule has 0 amide bonds. The number of hydrogen-bond acceptors (Lipinski definition) is 3. The molecular formula is C16H29NO2. The van der Waals surface area contributed by atoms with E-state index in [9.17, 15) is 0 Å². The molecule has 0 aliphatic rings. The Labute approximate surface area is 117 Å². The second kappa shape index (κ2) is 7.11. The minimum atomic E-state index is 0.106. The highest BCUT2D eigenvalue weighted by Crippen LogP contribution is 2.16. The van der Waals surface area contributed by atoms with Crippen LogP contribution >= 0.6 is 0 Å². The number of furan rings is 1. The van der Waals surface area contributed by atoms with E-state index in [1.165, 1.54) is 0 Å². The molecule has 0 radical (unpaired) electrons. The zero-order valence-electron chi connectivity index (χ0n) is 13.3. The maximum atomic E-state index is 5.75. The lowest BCUT2D eigenvalue weighted by atomic mass is 10.1. The van der Waals surface area contributed by atoms with Gasteiger partial charge >= 0.3 is 0 Å². The Balaban J connectivity index is 2.41. The van der Waals surface area contributed by atoms with Gasteiger partial charge in [0.05, 0.1) is 13.2 Å². The average molecular weight is 267 g/mol. The monoisotopic (exact) mass is 267 g/mol. The third kappa shape index (κ3) is 6.79. The van der Waals surface area contributed by atoms with E-state index in [1.54, 1.807) is 0 Å². The van der Waals surface area contributed by atoms with Gasteiger partial charge in [0.1, 0.15) is 11.5 Å². The largest absolute Gasteiger partial charge is 0.465 e. The van der Waals surface area contributed by atoms with Gasteiger partial charge in [0.2, 0.25) is 0 Å². The topological polar surface area (TPSA) is 34.4 Å². The van der Waals surface area contributed by atoms with Crippen LogP contribution in [0.3, 0.4) is 0 Å². The van der Waals surface area contributed by atoms with Gasteiger partial charge in [-0.25, -0.2) is 0 Å². The number of nitrogens with one attached hydrogen (secondary N) is 1. The quantitative estimate of drug-likeness (QED) is 0.757. The minimum absolute atomic E-state index is 0.106. The molecule has 0 atom stereocenters. The van der Waals surface area contributed by atoms with Crippen LogP contribution in [0.5, 0.6) is 0 Å². The lowest BCUT2D eigenvalue weighted by Crippen LogP contribution is -2.34. The first-order valence-corrected chi connectivity index (χ1v) is 7.19. The fourth-order valence-corrected chi connectivity index (χ4v) is 1.67. The second-order valence-electron chi connectivity index (χ2n) is 6.63. The van der Waals surface area contributed by atoms with Gasteiger partial charge in [-0.05, 0) is 46.1 Å². The summed E-state index contributed by atoms with van der Waals surface area (Å²) in [6.07, 6.45) is 1.11. The fourth-order valence-electron chi connectivity index (χ4n) is 1.67. The van der Waals surface area contributed by atoms with E-state index < -0.39 is 0 Å². The molecule has 0 spiro atoms. The first kappa shape index (κ1) is 16.3. The van der Waals surface area contributed by atoms with Gasteiger partial charge in [-0.15, -0.1) is 0 Å². The Morgan fingerprint density at radius 3 is 2.58 bits per heavy atom. The normalized spacial score (nSPS) is 12.4. The van der Waals surface area contributed by atoms with Gasteiger partial charge in [-0.2, -0.15) is 0 Å². The van der Waals surface area contributed by atoms with Crippen LogP contribution in [-0.2, 0) is 17.9 Å². The summed E-state index contributed by atoms with van der Waals surface area (Å²) in [6, 6.07) is 2.10. The second-order valence-corrected chi connectivity index (χ2v) is 6.63. The highest BCUT2D eigenvalue weighted by Gasteiger charge is 2.12. The summed E-state index contributed by atoms with van der Waals surface area (Å²) in [4.78, 5) is 0.